The summed E-state index contributed by atoms with van der Waals surface area (Å²) in [6, 6.07) is 12.1. The van der Waals surface area contributed by atoms with Crippen molar-refractivity contribution in [1.82, 2.24) is 20.0 Å². The van der Waals surface area contributed by atoms with Gasteiger partial charge in [0.2, 0.25) is 0 Å². The van der Waals surface area contributed by atoms with Crippen molar-refractivity contribution in [2.75, 3.05) is 26.2 Å². The van der Waals surface area contributed by atoms with Crippen molar-refractivity contribution < 1.29 is 4.74 Å². The van der Waals surface area contributed by atoms with Gasteiger partial charge in [0.1, 0.15) is 11.9 Å². The molecule has 0 saturated carbocycles. The van der Waals surface area contributed by atoms with E-state index in [1.54, 1.807) is 0 Å². The summed E-state index contributed by atoms with van der Waals surface area (Å²) in [7, 11) is 0. The lowest BCUT2D eigenvalue weighted by atomic mass is 10.1. The molecule has 0 spiro atoms. The first kappa shape index (κ1) is 21.5. The van der Waals surface area contributed by atoms with E-state index in [1.807, 2.05) is 53.5 Å². The third-order valence-corrected chi connectivity index (χ3v) is 4.49. The molecule has 0 atom stereocenters. The molecule has 6 nitrogen and oxygen atoms in total. The Morgan fingerprint density at radius 1 is 1.22 bits per heavy atom. The summed E-state index contributed by atoms with van der Waals surface area (Å²) in [5, 5.41) is 7.65. The summed E-state index contributed by atoms with van der Waals surface area (Å²) < 4.78 is 8.04. The summed E-state index contributed by atoms with van der Waals surface area (Å²) >= 11 is 0. The number of halogens is 1. The number of likely N-dealkylation sites (tertiary alicyclic amines) is 1. The van der Waals surface area contributed by atoms with Crippen LogP contribution in [0.3, 0.4) is 0 Å². The van der Waals surface area contributed by atoms with E-state index in [9.17, 15) is 0 Å². The Morgan fingerprint density at radius 2 is 2.00 bits per heavy atom. The highest BCUT2D eigenvalue weighted by atomic mass is 127. The Morgan fingerprint density at radius 3 is 2.67 bits per heavy atom. The minimum absolute atomic E-state index is 0. The van der Waals surface area contributed by atoms with Gasteiger partial charge < -0.3 is 15.0 Å². The standard InChI is InChI=1S/C20H29N5O.HI/c1-2-21-20(22-12-6-14-25-15-7-13-23-25)24-16-10-19(11-17-24)26-18-8-4-3-5-9-18;/h3-5,7-9,13,15,19H,2,6,10-12,14,16-17H2,1H3,(H,21,22);1H. The highest BCUT2D eigenvalue weighted by molar-refractivity contribution is 14.0. The molecule has 0 amide bonds. The zero-order chi connectivity index (χ0) is 18.0. The zero-order valence-corrected chi connectivity index (χ0v) is 18.3. The minimum Gasteiger partial charge on any atom is -0.490 e. The molecule has 27 heavy (non-hydrogen) atoms. The van der Waals surface area contributed by atoms with Gasteiger partial charge >= 0.3 is 0 Å². The molecule has 0 bridgehead atoms. The molecule has 7 heteroatoms. The fraction of sp³-hybridized carbons (Fsp3) is 0.500. The van der Waals surface area contributed by atoms with Crippen molar-refractivity contribution in [3.05, 3.63) is 48.8 Å². The monoisotopic (exact) mass is 483 g/mol. The number of nitrogens with one attached hydrogen (secondary N) is 1. The molecule has 0 unspecified atom stereocenters. The highest BCUT2D eigenvalue weighted by Gasteiger charge is 2.22. The lowest BCUT2D eigenvalue weighted by Crippen LogP contribution is -2.47. The summed E-state index contributed by atoms with van der Waals surface area (Å²) in [6.07, 6.45) is 7.13. The molecule has 1 aliphatic rings. The van der Waals surface area contributed by atoms with Crippen LogP contribution in [0.5, 0.6) is 5.75 Å². The molecular weight excluding hydrogens is 453 g/mol. The number of aliphatic imine (C=N–C) groups is 1. The van der Waals surface area contributed by atoms with Crippen molar-refractivity contribution in [2.45, 2.75) is 38.8 Å². The molecule has 3 rings (SSSR count). The van der Waals surface area contributed by atoms with Gasteiger partial charge in [0.05, 0.1) is 0 Å². The van der Waals surface area contributed by atoms with Crippen LogP contribution in [0.15, 0.2) is 53.8 Å². The molecule has 0 aliphatic carbocycles. The van der Waals surface area contributed by atoms with Gasteiger partial charge in [0.25, 0.3) is 0 Å². The van der Waals surface area contributed by atoms with Gasteiger partial charge in [-0.25, -0.2) is 0 Å². The van der Waals surface area contributed by atoms with Crippen LogP contribution in [-0.2, 0) is 6.54 Å². The largest absolute Gasteiger partial charge is 0.490 e. The van der Waals surface area contributed by atoms with Gasteiger partial charge in [-0.05, 0) is 31.5 Å². The van der Waals surface area contributed by atoms with E-state index in [4.69, 9.17) is 9.73 Å². The number of nitrogens with zero attached hydrogens (tertiary/aromatic N) is 4. The molecular formula is C20H30IN5O. The van der Waals surface area contributed by atoms with Crippen LogP contribution >= 0.6 is 24.0 Å². The van der Waals surface area contributed by atoms with Gasteiger partial charge in [-0.1, -0.05) is 18.2 Å². The second-order valence-electron chi connectivity index (χ2n) is 6.48. The van der Waals surface area contributed by atoms with Crippen molar-refractivity contribution in [2.24, 2.45) is 4.99 Å². The van der Waals surface area contributed by atoms with Crippen molar-refractivity contribution in [1.29, 1.82) is 0 Å². The van der Waals surface area contributed by atoms with E-state index in [-0.39, 0.29) is 30.1 Å². The van der Waals surface area contributed by atoms with E-state index >= 15 is 0 Å². The number of guanidine groups is 1. The van der Waals surface area contributed by atoms with E-state index in [0.717, 1.165) is 63.7 Å². The predicted octanol–water partition coefficient (Wildman–Crippen LogP) is 3.40. The summed E-state index contributed by atoms with van der Waals surface area (Å²) in [5.74, 6) is 1.98. The second-order valence-corrected chi connectivity index (χ2v) is 6.48. The maximum absolute atomic E-state index is 6.09. The number of piperidine rings is 1. The predicted molar refractivity (Wildman–Crippen MR) is 120 cm³/mol. The molecule has 1 saturated heterocycles. The topological polar surface area (TPSA) is 54.7 Å². The molecule has 0 radical (unpaired) electrons. The number of rotatable bonds is 7. The smallest absolute Gasteiger partial charge is 0.193 e. The average molecular weight is 483 g/mol. The first-order valence-corrected chi connectivity index (χ1v) is 9.57. The quantitative estimate of drug-likeness (QED) is 0.284. The van der Waals surface area contributed by atoms with Crippen LogP contribution in [0.2, 0.25) is 0 Å². The van der Waals surface area contributed by atoms with Gasteiger partial charge in [0.15, 0.2) is 5.96 Å². The van der Waals surface area contributed by atoms with Gasteiger partial charge in [-0.15, -0.1) is 24.0 Å². The van der Waals surface area contributed by atoms with E-state index in [2.05, 4.69) is 22.2 Å². The SMILES string of the molecule is CCNC(=NCCCn1cccn1)N1CCC(Oc2ccccc2)CC1.I. The Hall–Kier alpha value is -1.77. The van der Waals surface area contributed by atoms with Crippen molar-refractivity contribution in [3.63, 3.8) is 0 Å². The van der Waals surface area contributed by atoms with Crippen LogP contribution < -0.4 is 10.1 Å². The van der Waals surface area contributed by atoms with Crippen molar-refractivity contribution in [3.8, 4) is 5.75 Å². The summed E-state index contributed by atoms with van der Waals surface area (Å²) in [6.45, 7) is 6.67. The van der Waals surface area contributed by atoms with Gasteiger partial charge in [-0.3, -0.25) is 9.67 Å². The van der Waals surface area contributed by atoms with E-state index in [1.165, 1.54) is 0 Å². The summed E-state index contributed by atoms with van der Waals surface area (Å²) in [5.41, 5.74) is 0. The maximum Gasteiger partial charge on any atom is 0.193 e. The molecule has 1 N–H and O–H groups in total. The van der Waals surface area contributed by atoms with E-state index < -0.39 is 0 Å². The Kier molecular flexibility index (Phi) is 9.44. The van der Waals surface area contributed by atoms with Gasteiger partial charge in [-0.2, -0.15) is 5.10 Å². The fourth-order valence-corrected chi connectivity index (χ4v) is 3.15. The Balaban J connectivity index is 0.00000261. The van der Waals surface area contributed by atoms with Crippen LogP contribution in [0.4, 0.5) is 0 Å². The number of aryl methyl sites for hydroxylation is 1. The van der Waals surface area contributed by atoms with Crippen molar-refractivity contribution >= 4 is 29.9 Å². The maximum atomic E-state index is 6.09. The number of benzene rings is 1. The Bertz CT molecular complexity index is 654. The molecule has 2 aromatic rings. The molecule has 1 aliphatic heterocycles. The number of hydrogen-bond acceptors (Lipinski definition) is 3. The van der Waals surface area contributed by atoms with E-state index in [0.29, 0.717) is 0 Å². The zero-order valence-electron chi connectivity index (χ0n) is 16.0. The molecule has 1 aromatic carbocycles. The van der Waals surface area contributed by atoms with Crippen LogP contribution in [0, 0.1) is 0 Å². The average Bonchev–Trinajstić information content (AvgIpc) is 3.19. The van der Waals surface area contributed by atoms with Crippen LogP contribution in [-0.4, -0.2) is 52.9 Å². The van der Waals surface area contributed by atoms with Crippen LogP contribution in [0.1, 0.15) is 26.2 Å². The molecule has 148 valence electrons. The molecule has 2 heterocycles. The number of ether oxygens (including phenoxy) is 1. The fourth-order valence-electron chi connectivity index (χ4n) is 3.15. The highest BCUT2D eigenvalue weighted by Crippen LogP contribution is 2.18. The lowest BCUT2D eigenvalue weighted by molar-refractivity contribution is 0.129. The third kappa shape index (κ3) is 7.04. The normalized spacial score (nSPS) is 15.3. The lowest BCUT2D eigenvalue weighted by Gasteiger charge is -2.34. The van der Waals surface area contributed by atoms with Gasteiger partial charge in [0, 0.05) is 58.0 Å². The number of para-hydroxylation sites is 1. The third-order valence-electron chi connectivity index (χ3n) is 4.49. The molecule has 1 aromatic heterocycles. The van der Waals surface area contributed by atoms with Crippen LogP contribution in [0.25, 0.3) is 0 Å². The Labute approximate surface area is 179 Å². The minimum atomic E-state index is 0. The number of aromatic nitrogens is 2. The first-order valence-electron chi connectivity index (χ1n) is 9.57. The number of hydrogen-bond donors (Lipinski definition) is 1. The summed E-state index contributed by atoms with van der Waals surface area (Å²) in [4.78, 5) is 7.14. The second kappa shape index (κ2) is 11.8. The first-order chi connectivity index (χ1) is 12.8. The molecule has 1 fully saturated rings.